The van der Waals surface area contributed by atoms with Crippen LogP contribution in [0.15, 0.2) is 36.7 Å². The van der Waals surface area contributed by atoms with Crippen LogP contribution in [0.3, 0.4) is 0 Å². The second-order valence-electron chi connectivity index (χ2n) is 6.32. The molecule has 1 heterocycles. The van der Waals surface area contributed by atoms with E-state index in [2.05, 4.69) is 4.98 Å². The van der Waals surface area contributed by atoms with Crippen molar-refractivity contribution in [2.45, 2.75) is 13.8 Å². The Labute approximate surface area is 142 Å². The summed E-state index contributed by atoms with van der Waals surface area (Å²) in [6, 6.07) is 6.11. The van der Waals surface area contributed by atoms with E-state index in [0.29, 0.717) is 18.7 Å². The van der Waals surface area contributed by atoms with Crippen LogP contribution in [0.5, 0.6) is 0 Å². The Bertz CT molecular complexity index is 652. The zero-order valence-corrected chi connectivity index (χ0v) is 14.4. The fourth-order valence-electron chi connectivity index (χ4n) is 2.39. The van der Waals surface area contributed by atoms with Crippen molar-refractivity contribution in [2.24, 2.45) is 11.1 Å². The van der Waals surface area contributed by atoms with E-state index in [1.807, 2.05) is 13.8 Å². The number of nitrogens with zero attached hydrogens (tertiary/aromatic N) is 1. The van der Waals surface area contributed by atoms with Crippen molar-refractivity contribution in [1.82, 2.24) is 9.88 Å². The lowest BCUT2D eigenvalue weighted by Gasteiger charge is -2.29. The number of halogens is 2. The molecule has 0 aliphatic rings. The quantitative estimate of drug-likeness (QED) is 0.878. The number of H-pyrrole nitrogens is 1. The van der Waals surface area contributed by atoms with Gasteiger partial charge in [0, 0.05) is 31.5 Å². The first kappa shape index (κ1) is 19.2. The van der Waals surface area contributed by atoms with Crippen molar-refractivity contribution in [2.75, 3.05) is 20.1 Å². The molecule has 0 atom stereocenters. The number of hydrogen-bond acceptors (Lipinski definition) is 2. The van der Waals surface area contributed by atoms with E-state index < -0.39 is 0 Å². The average molecular weight is 340 g/mol. The highest BCUT2D eigenvalue weighted by Gasteiger charge is 2.24. The molecule has 0 radical (unpaired) electrons. The van der Waals surface area contributed by atoms with E-state index in [0.717, 1.165) is 11.1 Å². The molecule has 1 aromatic carbocycles. The molecule has 1 aromatic heterocycles. The van der Waals surface area contributed by atoms with Crippen LogP contribution in [0.1, 0.15) is 24.2 Å². The summed E-state index contributed by atoms with van der Waals surface area (Å²) in [5, 5.41) is 0. The van der Waals surface area contributed by atoms with Gasteiger partial charge in [0.2, 0.25) is 0 Å². The van der Waals surface area contributed by atoms with E-state index >= 15 is 0 Å². The van der Waals surface area contributed by atoms with Gasteiger partial charge >= 0.3 is 0 Å². The van der Waals surface area contributed by atoms with E-state index in [1.54, 1.807) is 36.5 Å². The lowest BCUT2D eigenvalue weighted by atomic mass is 9.93. The minimum Gasteiger partial charge on any atom is -0.366 e. The summed E-state index contributed by atoms with van der Waals surface area (Å²) in [5.41, 5.74) is 7.73. The van der Waals surface area contributed by atoms with Gasteiger partial charge in [0.1, 0.15) is 5.82 Å². The Morgan fingerprint density at radius 3 is 2.43 bits per heavy atom. The summed E-state index contributed by atoms with van der Waals surface area (Å²) in [4.78, 5) is 17.3. The molecule has 3 N–H and O–H groups in total. The number of aromatic nitrogens is 1. The summed E-state index contributed by atoms with van der Waals surface area (Å²) in [6.45, 7) is 5.11. The predicted molar refractivity (Wildman–Crippen MR) is 93.2 cm³/mol. The molecule has 1 amide bonds. The Hall–Kier alpha value is -1.85. The minimum atomic E-state index is -0.297. The molecule has 0 fully saturated rings. The maximum Gasteiger partial charge on any atom is 0.255 e. The van der Waals surface area contributed by atoms with Crippen LogP contribution < -0.4 is 5.73 Å². The van der Waals surface area contributed by atoms with Gasteiger partial charge in [-0.3, -0.25) is 4.79 Å². The molecular formula is C17H23ClFN3O. The largest absolute Gasteiger partial charge is 0.366 e. The third-order valence-electron chi connectivity index (χ3n) is 3.70. The van der Waals surface area contributed by atoms with Gasteiger partial charge in [-0.25, -0.2) is 4.39 Å². The molecule has 0 bridgehead atoms. The van der Waals surface area contributed by atoms with Crippen LogP contribution in [0.25, 0.3) is 11.1 Å². The first-order valence-electron chi connectivity index (χ1n) is 7.22. The molecule has 0 unspecified atom stereocenters. The maximum atomic E-state index is 13.0. The van der Waals surface area contributed by atoms with Crippen LogP contribution in [0, 0.1) is 11.2 Å². The molecule has 4 nitrogen and oxygen atoms in total. The van der Waals surface area contributed by atoms with Gasteiger partial charge in [-0.05, 0) is 29.7 Å². The summed E-state index contributed by atoms with van der Waals surface area (Å²) >= 11 is 0. The zero-order valence-electron chi connectivity index (χ0n) is 13.6. The summed E-state index contributed by atoms with van der Waals surface area (Å²) in [6.07, 6.45) is 3.43. The van der Waals surface area contributed by atoms with E-state index in [9.17, 15) is 9.18 Å². The van der Waals surface area contributed by atoms with Crippen LogP contribution in [0.2, 0.25) is 0 Å². The fourth-order valence-corrected chi connectivity index (χ4v) is 2.39. The van der Waals surface area contributed by atoms with Crippen molar-refractivity contribution >= 4 is 18.3 Å². The van der Waals surface area contributed by atoms with Gasteiger partial charge in [-0.15, -0.1) is 12.4 Å². The number of nitrogens with one attached hydrogen (secondary N) is 1. The number of aromatic amines is 1. The number of carbonyl (C=O) groups is 1. The van der Waals surface area contributed by atoms with Crippen molar-refractivity contribution in [3.63, 3.8) is 0 Å². The molecule has 23 heavy (non-hydrogen) atoms. The lowest BCUT2D eigenvalue weighted by molar-refractivity contribution is 0.0741. The SMILES string of the molecule is CN(CC(C)(C)CN)C(=O)c1c[nH]cc1-c1ccc(F)cc1.Cl. The summed E-state index contributed by atoms with van der Waals surface area (Å²) in [5.74, 6) is -0.379. The first-order valence-corrected chi connectivity index (χ1v) is 7.22. The van der Waals surface area contributed by atoms with Gasteiger partial charge in [-0.2, -0.15) is 0 Å². The second-order valence-corrected chi connectivity index (χ2v) is 6.32. The highest BCUT2D eigenvalue weighted by atomic mass is 35.5. The van der Waals surface area contributed by atoms with Crippen LogP contribution in [0.4, 0.5) is 4.39 Å². The minimum absolute atomic E-state index is 0. The van der Waals surface area contributed by atoms with Gasteiger partial charge in [0.25, 0.3) is 5.91 Å². The number of rotatable bonds is 5. The van der Waals surface area contributed by atoms with Gasteiger partial charge < -0.3 is 15.6 Å². The molecular weight excluding hydrogens is 317 g/mol. The smallest absolute Gasteiger partial charge is 0.255 e. The Morgan fingerprint density at radius 1 is 1.26 bits per heavy atom. The molecule has 126 valence electrons. The van der Waals surface area contributed by atoms with Crippen molar-refractivity contribution < 1.29 is 9.18 Å². The molecule has 0 aliphatic heterocycles. The molecule has 0 saturated heterocycles. The van der Waals surface area contributed by atoms with Crippen LogP contribution in [-0.2, 0) is 0 Å². The first-order chi connectivity index (χ1) is 10.3. The third kappa shape index (κ3) is 4.56. The molecule has 6 heteroatoms. The number of amides is 1. The van der Waals surface area contributed by atoms with Crippen LogP contribution in [-0.4, -0.2) is 35.9 Å². The lowest BCUT2D eigenvalue weighted by Crippen LogP contribution is -2.39. The summed E-state index contributed by atoms with van der Waals surface area (Å²) in [7, 11) is 1.77. The van der Waals surface area contributed by atoms with Crippen molar-refractivity contribution in [3.05, 3.63) is 48.0 Å². The maximum absolute atomic E-state index is 13.0. The van der Waals surface area contributed by atoms with Crippen molar-refractivity contribution in [3.8, 4) is 11.1 Å². The van der Waals surface area contributed by atoms with Crippen molar-refractivity contribution in [1.29, 1.82) is 0 Å². The zero-order chi connectivity index (χ0) is 16.3. The van der Waals surface area contributed by atoms with Gasteiger partial charge in [0.05, 0.1) is 5.56 Å². The van der Waals surface area contributed by atoms with E-state index in [-0.39, 0.29) is 29.5 Å². The molecule has 0 saturated carbocycles. The predicted octanol–water partition coefficient (Wildman–Crippen LogP) is 3.30. The Balaban J connectivity index is 0.00000264. The highest BCUT2D eigenvalue weighted by molar-refractivity contribution is 6.00. The standard InChI is InChI=1S/C17H22FN3O.ClH/c1-17(2,10-19)11-21(3)16(22)15-9-20-8-14(15)12-4-6-13(18)7-5-12;/h4-9,20H,10-11,19H2,1-3H3;1H. The Kier molecular flexibility index (Phi) is 6.36. The number of hydrogen-bond donors (Lipinski definition) is 2. The van der Waals surface area contributed by atoms with Gasteiger partial charge in [-0.1, -0.05) is 26.0 Å². The second kappa shape index (κ2) is 7.62. The summed E-state index contributed by atoms with van der Waals surface area (Å²) < 4.78 is 13.0. The molecule has 0 aliphatic carbocycles. The Morgan fingerprint density at radius 2 is 1.87 bits per heavy atom. The monoisotopic (exact) mass is 339 g/mol. The number of carbonyl (C=O) groups excluding carboxylic acids is 1. The average Bonchev–Trinajstić information content (AvgIpc) is 2.96. The number of benzene rings is 1. The fraction of sp³-hybridized carbons (Fsp3) is 0.353. The molecule has 2 rings (SSSR count). The van der Waals surface area contributed by atoms with Crippen LogP contribution >= 0.6 is 12.4 Å². The topological polar surface area (TPSA) is 62.1 Å². The van der Waals surface area contributed by atoms with E-state index in [1.165, 1.54) is 12.1 Å². The number of nitrogens with two attached hydrogens (primary N) is 1. The third-order valence-corrected chi connectivity index (χ3v) is 3.70. The van der Waals surface area contributed by atoms with Gasteiger partial charge in [0.15, 0.2) is 0 Å². The normalized spacial score (nSPS) is 11.0. The molecule has 0 spiro atoms. The highest BCUT2D eigenvalue weighted by Crippen LogP contribution is 2.25. The molecule has 2 aromatic rings. The van der Waals surface area contributed by atoms with E-state index in [4.69, 9.17) is 5.73 Å².